The van der Waals surface area contributed by atoms with Gasteiger partial charge in [0.05, 0.1) is 34.0 Å². The van der Waals surface area contributed by atoms with Crippen molar-refractivity contribution < 1.29 is 0 Å². The first kappa shape index (κ1) is 28.4. The SMILES string of the molecule is C1=CC2C(C=N1)c1ccccc1N2c1cccc(-c2ccc(-c3ccc(-c4cccc(-n5c6ccccc6c6ncccc65)c4)cn3)nc2)c1. The predicted molar refractivity (Wildman–Crippen MR) is 203 cm³/mol. The second-order valence-electron chi connectivity index (χ2n) is 12.8. The molecule has 0 radical (unpaired) electrons. The zero-order chi connectivity index (χ0) is 33.0. The number of fused-ring (bicyclic) bond motifs is 6. The number of aromatic nitrogens is 4. The molecule has 6 heteroatoms. The molecule has 6 heterocycles. The largest absolute Gasteiger partial charge is 0.333 e. The zero-order valence-corrected chi connectivity index (χ0v) is 27.0. The summed E-state index contributed by atoms with van der Waals surface area (Å²) in [5.41, 5.74) is 14.0. The number of benzene rings is 4. The molecule has 0 saturated heterocycles. The number of para-hydroxylation sites is 2. The van der Waals surface area contributed by atoms with Crippen LogP contribution in [-0.4, -0.2) is 31.8 Å². The van der Waals surface area contributed by atoms with Crippen LogP contribution >= 0.6 is 0 Å². The molecule has 0 amide bonds. The van der Waals surface area contributed by atoms with E-state index in [1.165, 1.54) is 11.3 Å². The van der Waals surface area contributed by atoms with E-state index in [-0.39, 0.29) is 12.0 Å². The van der Waals surface area contributed by atoms with E-state index < -0.39 is 0 Å². The number of pyridine rings is 3. The summed E-state index contributed by atoms with van der Waals surface area (Å²) in [6.07, 6.45) is 11.9. The van der Waals surface area contributed by atoms with Crippen LogP contribution in [-0.2, 0) is 0 Å². The average Bonchev–Trinajstić information content (AvgIpc) is 3.71. The molecule has 4 aromatic heterocycles. The van der Waals surface area contributed by atoms with Gasteiger partial charge < -0.3 is 9.47 Å². The lowest BCUT2D eigenvalue weighted by molar-refractivity contribution is 0.780. The van der Waals surface area contributed by atoms with Crippen molar-refractivity contribution in [2.75, 3.05) is 4.90 Å². The van der Waals surface area contributed by atoms with Crippen molar-refractivity contribution in [3.05, 3.63) is 170 Å². The molecule has 2 aliphatic heterocycles. The van der Waals surface area contributed by atoms with Crippen LogP contribution in [0.15, 0.2) is 169 Å². The number of aliphatic imine (C=N–C) groups is 1. The van der Waals surface area contributed by atoms with E-state index in [1.54, 1.807) is 0 Å². The number of rotatable bonds is 5. The van der Waals surface area contributed by atoms with Gasteiger partial charge in [0.25, 0.3) is 0 Å². The third kappa shape index (κ3) is 4.57. The van der Waals surface area contributed by atoms with Crippen LogP contribution < -0.4 is 4.90 Å². The van der Waals surface area contributed by atoms with Crippen LogP contribution in [0.4, 0.5) is 11.4 Å². The molecule has 2 unspecified atom stereocenters. The Bertz CT molecular complexity index is 2560. The maximum absolute atomic E-state index is 4.85. The van der Waals surface area contributed by atoms with Crippen molar-refractivity contribution in [1.29, 1.82) is 0 Å². The molecular weight excluding hydrogens is 613 g/mol. The van der Waals surface area contributed by atoms with E-state index in [1.807, 2.05) is 30.9 Å². The Kier molecular flexibility index (Phi) is 6.52. The summed E-state index contributed by atoms with van der Waals surface area (Å²) in [5.74, 6) is 0.251. The number of anilines is 2. The van der Waals surface area contributed by atoms with Gasteiger partial charge in [0.15, 0.2) is 0 Å². The van der Waals surface area contributed by atoms with E-state index in [9.17, 15) is 0 Å². The van der Waals surface area contributed by atoms with Gasteiger partial charge in [-0.05, 0) is 83.4 Å². The maximum atomic E-state index is 4.85. The Morgan fingerprint density at radius 3 is 2.02 bits per heavy atom. The summed E-state index contributed by atoms with van der Waals surface area (Å²) >= 11 is 0. The van der Waals surface area contributed by atoms with Crippen LogP contribution in [0.3, 0.4) is 0 Å². The van der Waals surface area contributed by atoms with Gasteiger partial charge >= 0.3 is 0 Å². The van der Waals surface area contributed by atoms with Gasteiger partial charge in [-0.3, -0.25) is 19.9 Å². The highest BCUT2D eigenvalue weighted by Gasteiger charge is 2.37. The van der Waals surface area contributed by atoms with Crippen molar-refractivity contribution in [2.45, 2.75) is 12.0 Å². The summed E-state index contributed by atoms with van der Waals surface area (Å²) in [6, 6.07) is 47.1. The minimum atomic E-state index is 0.211. The minimum absolute atomic E-state index is 0.211. The maximum Gasteiger partial charge on any atom is 0.0963 e. The van der Waals surface area contributed by atoms with E-state index in [2.05, 4.69) is 154 Å². The second-order valence-corrected chi connectivity index (χ2v) is 12.8. The van der Waals surface area contributed by atoms with Crippen molar-refractivity contribution in [3.63, 3.8) is 0 Å². The Balaban J connectivity index is 0.924. The highest BCUT2D eigenvalue weighted by molar-refractivity contribution is 6.07. The van der Waals surface area contributed by atoms with E-state index in [0.29, 0.717) is 0 Å². The molecule has 4 aromatic carbocycles. The van der Waals surface area contributed by atoms with E-state index in [0.717, 1.165) is 67.0 Å². The molecule has 8 aromatic rings. The molecule has 0 spiro atoms. The van der Waals surface area contributed by atoms with Crippen molar-refractivity contribution >= 4 is 39.5 Å². The quantitative estimate of drug-likeness (QED) is 0.187. The standard InChI is InChI=1S/C44H30N6/c1-3-14-40-35(12-1)37-28-45-23-21-42(37)49(40)33-10-5-8-29(24-33)31-17-19-38(47-26-31)39-20-18-32(27-48-39)30-9-6-11-34(25-30)50-41-15-4-2-13-36(41)44-43(50)16-7-22-46-44/h1-28,37,42H. The lowest BCUT2D eigenvalue weighted by atomic mass is 9.95. The van der Waals surface area contributed by atoms with Gasteiger partial charge in [-0.1, -0.05) is 72.8 Å². The Morgan fingerprint density at radius 2 is 1.24 bits per heavy atom. The summed E-state index contributed by atoms with van der Waals surface area (Å²) in [7, 11) is 0. The Labute approximate surface area is 289 Å². The molecule has 0 N–H and O–H groups in total. The Hall–Kier alpha value is -6.66. The van der Waals surface area contributed by atoms with Crippen molar-refractivity contribution in [1.82, 2.24) is 19.5 Å². The molecule has 2 aliphatic rings. The van der Waals surface area contributed by atoms with Gasteiger partial charge in [-0.2, -0.15) is 0 Å². The predicted octanol–water partition coefficient (Wildman–Crippen LogP) is 10.2. The van der Waals surface area contributed by atoms with Gasteiger partial charge in [0, 0.05) is 70.5 Å². The fourth-order valence-electron chi connectivity index (χ4n) is 7.61. The third-order valence-electron chi connectivity index (χ3n) is 9.95. The molecule has 0 saturated carbocycles. The van der Waals surface area contributed by atoms with E-state index in [4.69, 9.17) is 15.0 Å². The number of hydrogen-bond donors (Lipinski definition) is 0. The van der Waals surface area contributed by atoms with Crippen LogP contribution in [0.5, 0.6) is 0 Å². The zero-order valence-electron chi connectivity index (χ0n) is 27.0. The first-order valence-electron chi connectivity index (χ1n) is 16.9. The highest BCUT2D eigenvalue weighted by Crippen LogP contribution is 2.46. The minimum Gasteiger partial charge on any atom is -0.333 e. The molecule has 10 rings (SSSR count). The first-order chi connectivity index (χ1) is 24.8. The molecule has 0 aliphatic carbocycles. The summed E-state index contributed by atoms with van der Waals surface area (Å²) in [4.78, 5) is 21.3. The number of nitrogens with zero attached hydrogens (tertiary/aromatic N) is 6. The topological polar surface area (TPSA) is 59.2 Å². The van der Waals surface area contributed by atoms with Crippen molar-refractivity contribution in [2.24, 2.45) is 4.99 Å². The lowest BCUT2D eigenvalue weighted by Crippen LogP contribution is -2.29. The van der Waals surface area contributed by atoms with Crippen LogP contribution in [0.1, 0.15) is 11.5 Å². The molecule has 0 fully saturated rings. The van der Waals surface area contributed by atoms with Gasteiger partial charge in [0.1, 0.15) is 0 Å². The number of hydrogen-bond acceptors (Lipinski definition) is 5. The van der Waals surface area contributed by atoms with Gasteiger partial charge in [-0.25, -0.2) is 0 Å². The molecule has 6 nitrogen and oxygen atoms in total. The van der Waals surface area contributed by atoms with Crippen LogP contribution in [0.25, 0.3) is 61.3 Å². The monoisotopic (exact) mass is 642 g/mol. The second kappa shape index (κ2) is 11.5. The summed E-state index contributed by atoms with van der Waals surface area (Å²) < 4.78 is 2.28. The van der Waals surface area contributed by atoms with Crippen molar-refractivity contribution in [3.8, 4) is 39.3 Å². The first-order valence-corrected chi connectivity index (χ1v) is 16.9. The summed E-state index contributed by atoms with van der Waals surface area (Å²) in [6.45, 7) is 0. The molecule has 0 bridgehead atoms. The smallest absolute Gasteiger partial charge is 0.0963 e. The molecule has 236 valence electrons. The molecule has 50 heavy (non-hydrogen) atoms. The summed E-state index contributed by atoms with van der Waals surface area (Å²) in [5, 5.41) is 1.15. The highest BCUT2D eigenvalue weighted by atomic mass is 15.2. The molecular formula is C44H30N6. The van der Waals surface area contributed by atoms with Crippen LogP contribution in [0.2, 0.25) is 0 Å². The third-order valence-corrected chi connectivity index (χ3v) is 9.95. The van der Waals surface area contributed by atoms with Crippen LogP contribution in [0, 0.1) is 0 Å². The molecule has 2 atom stereocenters. The fourth-order valence-corrected chi connectivity index (χ4v) is 7.61. The van der Waals surface area contributed by atoms with E-state index >= 15 is 0 Å². The van der Waals surface area contributed by atoms with Gasteiger partial charge in [0.2, 0.25) is 0 Å². The lowest BCUT2D eigenvalue weighted by Gasteiger charge is -2.28. The Morgan fingerprint density at radius 1 is 0.540 bits per heavy atom. The average molecular weight is 643 g/mol. The normalized spacial score (nSPS) is 16.2. The van der Waals surface area contributed by atoms with Gasteiger partial charge in [-0.15, -0.1) is 0 Å². The fraction of sp³-hybridized carbons (Fsp3) is 0.0455.